The quantitative estimate of drug-likeness (QED) is 0.595. The number of benzene rings is 1. The Morgan fingerprint density at radius 1 is 1.24 bits per heavy atom. The molecule has 1 heterocycles. The maximum atomic E-state index is 12.4. The van der Waals surface area contributed by atoms with Crippen LogP contribution in [0.1, 0.15) is 18.4 Å². The molecule has 0 N–H and O–H groups in total. The third kappa shape index (κ3) is 2.44. The van der Waals surface area contributed by atoms with Crippen LogP contribution in [0.25, 0.3) is 0 Å². The van der Waals surface area contributed by atoms with E-state index >= 15 is 0 Å². The van der Waals surface area contributed by atoms with Gasteiger partial charge in [-0.1, -0.05) is 6.08 Å². The number of hydrogen-bond acceptors (Lipinski definition) is 5. The van der Waals surface area contributed by atoms with Gasteiger partial charge in [-0.3, -0.25) is 4.79 Å². The summed E-state index contributed by atoms with van der Waals surface area (Å²) >= 11 is 0. The molecule has 5 heteroatoms. The van der Waals surface area contributed by atoms with Crippen LogP contribution >= 0.6 is 0 Å². The van der Waals surface area contributed by atoms with Gasteiger partial charge in [0.15, 0.2) is 0 Å². The van der Waals surface area contributed by atoms with Crippen LogP contribution in [0.5, 0.6) is 17.2 Å². The Bertz CT molecular complexity index is 527. The average Bonchev–Trinajstić information content (AvgIpc) is 2.87. The Morgan fingerprint density at radius 2 is 1.86 bits per heavy atom. The third-order valence-corrected chi connectivity index (χ3v) is 3.84. The third-order valence-electron chi connectivity index (χ3n) is 3.84. The summed E-state index contributed by atoms with van der Waals surface area (Å²) in [5, 5.41) is 0. The molecular weight excluding hydrogens is 272 g/mol. The fraction of sp³-hybridized carbons (Fsp3) is 0.438. The average molecular weight is 292 g/mol. The van der Waals surface area contributed by atoms with Crippen molar-refractivity contribution in [1.82, 2.24) is 0 Å². The van der Waals surface area contributed by atoms with Crippen LogP contribution in [0.4, 0.5) is 0 Å². The second kappa shape index (κ2) is 6.08. The molecular formula is C16H20O5. The predicted molar refractivity (Wildman–Crippen MR) is 78.2 cm³/mol. The first kappa shape index (κ1) is 15.2. The summed E-state index contributed by atoms with van der Waals surface area (Å²) in [5.41, 5.74) is -0.124. The highest BCUT2D eigenvalue weighted by molar-refractivity contribution is 5.87. The van der Waals surface area contributed by atoms with Gasteiger partial charge in [-0.25, -0.2) is 0 Å². The SMILES string of the molecule is C=CC[C@]1(c2c(OC)cc(OC)cc2OC)CCOC1=O. The zero-order chi connectivity index (χ0) is 15.5. The van der Waals surface area contributed by atoms with E-state index in [4.69, 9.17) is 18.9 Å². The summed E-state index contributed by atoms with van der Waals surface area (Å²) < 4.78 is 21.4. The van der Waals surface area contributed by atoms with Crippen LogP contribution in [-0.2, 0) is 14.9 Å². The van der Waals surface area contributed by atoms with E-state index in [-0.39, 0.29) is 5.97 Å². The molecule has 2 rings (SSSR count). The first-order valence-corrected chi connectivity index (χ1v) is 6.71. The van der Waals surface area contributed by atoms with Gasteiger partial charge < -0.3 is 18.9 Å². The molecule has 1 saturated heterocycles. The molecule has 1 atom stereocenters. The van der Waals surface area contributed by atoms with Crippen molar-refractivity contribution in [3.8, 4) is 17.2 Å². The first-order valence-electron chi connectivity index (χ1n) is 6.71. The van der Waals surface area contributed by atoms with Crippen molar-refractivity contribution in [2.75, 3.05) is 27.9 Å². The highest BCUT2D eigenvalue weighted by Crippen LogP contribution is 2.48. The molecule has 0 unspecified atom stereocenters. The van der Waals surface area contributed by atoms with E-state index < -0.39 is 5.41 Å². The number of methoxy groups -OCH3 is 3. The topological polar surface area (TPSA) is 54.0 Å². The van der Waals surface area contributed by atoms with Crippen LogP contribution in [-0.4, -0.2) is 33.9 Å². The number of esters is 1. The van der Waals surface area contributed by atoms with Crippen LogP contribution in [0.3, 0.4) is 0 Å². The lowest BCUT2D eigenvalue weighted by molar-refractivity contribution is -0.142. The molecule has 21 heavy (non-hydrogen) atoms. The fourth-order valence-electron chi connectivity index (χ4n) is 2.80. The molecule has 0 radical (unpaired) electrons. The van der Waals surface area contributed by atoms with E-state index in [1.165, 1.54) is 0 Å². The van der Waals surface area contributed by atoms with Gasteiger partial charge in [-0.15, -0.1) is 6.58 Å². The Kier molecular flexibility index (Phi) is 4.40. The Labute approximate surface area is 124 Å². The molecule has 1 aromatic rings. The summed E-state index contributed by atoms with van der Waals surface area (Å²) in [4.78, 5) is 12.4. The molecule has 0 aliphatic carbocycles. The van der Waals surface area contributed by atoms with Gasteiger partial charge >= 0.3 is 5.97 Å². The van der Waals surface area contributed by atoms with Gasteiger partial charge in [0.1, 0.15) is 22.7 Å². The van der Waals surface area contributed by atoms with Gasteiger partial charge in [-0.2, -0.15) is 0 Å². The van der Waals surface area contributed by atoms with Crippen LogP contribution in [0.2, 0.25) is 0 Å². The number of hydrogen-bond donors (Lipinski definition) is 0. The van der Waals surface area contributed by atoms with Gasteiger partial charge in [-0.05, 0) is 6.42 Å². The molecule has 1 aliphatic rings. The Balaban J connectivity index is 2.69. The lowest BCUT2D eigenvalue weighted by Crippen LogP contribution is -2.32. The maximum Gasteiger partial charge on any atom is 0.317 e. The number of ether oxygens (including phenoxy) is 4. The molecule has 1 fully saturated rings. The molecule has 1 aliphatic heterocycles. The largest absolute Gasteiger partial charge is 0.496 e. The van der Waals surface area contributed by atoms with E-state index in [9.17, 15) is 4.79 Å². The summed E-state index contributed by atoms with van der Waals surface area (Å²) in [6, 6.07) is 3.49. The van der Waals surface area contributed by atoms with Crippen LogP contribution < -0.4 is 14.2 Å². The second-order valence-corrected chi connectivity index (χ2v) is 4.87. The molecule has 0 amide bonds. The van der Waals surface area contributed by atoms with Crippen molar-refractivity contribution in [2.24, 2.45) is 0 Å². The number of carbonyl (C=O) groups excluding carboxylic acids is 1. The van der Waals surface area contributed by atoms with Crippen molar-refractivity contribution < 1.29 is 23.7 Å². The van der Waals surface area contributed by atoms with Gasteiger partial charge in [0.05, 0.1) is 33.5 Å². The van der Waals surface area contributed by atoms with E-state index in [1.807, 2.05) is 0 Å². The molecule has 1 aromatic carbocycles. The highest BCUT2D eigenvalue weighted by Gasteiger charge is 2.49. The zero-order valence-corrected chi connectivity index (χ0v) is 12.6. The van der Waals surface area contributed by atoms with E-state index in [0.717, 1.165) is 0 Å². The van der Waals surface area contributed by atoms with Crippen LogP contribution in [0, 0.1) is 0 Å². The van der Waals surface area contributed by atoms with E-state index in [0.29, 0.717) is 42.3 Å². The van der Waals surface area contributed by atoms with Crippen molar-refractivity contribution in [3.63, 3.8) is 0 Å². The lowest BCUT2D eigenvalue weighted by atomic mass is 9.75. The van der Waals surface area contributed by atoms with Gasteiger partial charge in [0.25, 0.3) is 0 Å². The van der Waals surface area contributed by atoms with E-state index in [1.54, 1.807) is 39.5 Å². The van der Waals surface area contributed by atoms with Crippen LogP contribution in [0.15, 0.2) is 24.8 Å². The smallest absolute Gasteiger partial charge is 0.317 e. The van der Waals surface area contributed by atoms with Gasteiger partial charge in [0.2, 0.25) is 0 Å². The molecule has 0 aromatic heterocycles. The molecule has 114 valence electrons. The monoisotopic (exact) mass is 292 g/mol. The van der Waals surface area contributed by atoms with Crippen molar-refractivity contribution in [3.05, 3.63) is 30.4 Å². The predicted octanol–water partition coefficient (Wildman–Crippen LogP) is 2.47. The molecule has 0 saturated carbocycles. The standard InChI is InChI=1S/C16H20O5/c1-5-6-16(7-8-21-15(16)17)14-12(19-3)9-11(18-2)10-13(14)20-4/h5,9-10H,1,6-8H2,2-4H3/t16-/m1/s1. The van der Waals surface area contributed by atoms with E-state index in [2.05, 4.69) is 6.58 Å². The number of rotatable bonds is 6. The lowest BCUT2D eigenvalue weighted by Gasteiger charge is -2.28. The fourth-order valence-corrected chi connectivity index (χ4v) is 2.80. The number of allylic oxidation sites excluding steroid dienone is 1. The zero-order valence-electron chi connectivity index (χ0n) is 12.6. The number of cyclic esters (lactones) is 1. The second-order valence-electron chi connectivity index (χ2n) is 4.87. The minimum absolute atomic E-state index is 0.274. The summed E-state index contributed by atoms with van der Waals surface area (Å²) in [5.74, 6) is 1.43. The molecule has 0 spiro atoms. The summed E-state index contributed by atoms with van der Waals surface area (Å²) in [7, 11) is 4.68. The number of carbonyl (C=O) groups is 1. The van der Waals surface area contributed by atoms with Gasteiger partial charge in [0, 0.05) is 18.6 Å². The van der Waals surface area contributed by atoms with Crippen molar-refractivity contribution in [1.29, 1.82) is 0 Å². The molecule has 0 bridgehead atoms. The van der Waals surface area contributed by atoms with Crippen molar-refractivity contribution >= 4 is 5.97 Å². The highest BCUT2D eigenvalue weighted by atomic mass is 16.5. The normalized spacial score (nSPS) is 20.8. The first-order chi connectivity index (χ1) is 10.1. The maximum absolute atomic E-state index is 12.4. The minimum atomic E-state index is -0.815. The summed E-state index contributed by atoms with van der Waals surface area (Å²) in [6.07, 6.45) is 2.75. The summed E-state index contributed by atoms with van der Waals surface area (Å²) in [6.45, 7) is 4.14. The minimum Gasteiger partial charge on any atom is -0.496 e. The van der Waals surface area contributed by atoms with Crippen molar-refractivity contribution in [2.45, 2.75) is 18.3 Å². The Morgan fingerprint density at radius 3 is 2.24 bits per heavy atom. The Hall–Kier alpha value is -2.17. The molecule has 5 nitrogen and oxygen atoms in total.